The minimum Gasteiger partial charge on any atom is -0.336 e. The van der Waals surface area contributed by atoms with Crippen LogP contribution < -0.4 is 5.84 Å². The first-order chi connectivity index (χ1) is 11.1. The Bertz CT molecular complexity index is 810. The van der Waals surface area contributed by atoms with Gasteiger partial charge in [0.15, 0.2) is 5.82 Å². The molecule has 0 radical (unpaired) electrons. The van der Waals surface area contributed by atoms with Gasteiger partial charge >= 0.3 is 0 Å². The molecule has 118 valence electrons. The Morgan fingerprint density at radius 2 is 1.52 bits per heavy atom. The third kappa shape index (κ3) is 3.56. The maximum Gasteiger partial charge on any atom is 0.210 e. The first-order valence-corrected chi connectivity index (χ1v) is 8.55. The quantitative estimate of drug-likeness (QED) is 0.576. The largest absolute Gasteiger partial charge is 0.336 e. The van der Waals surface area contributed by atoms with Crippen molar-refractivity contribution in [3.05, 3.63) is 76.6 Å². The van der Waals surface area contributed by atoms with Crippen molar-refractivity contribution >= 4 is 11.8 Å². The van der Waals surface area contributed by atoms with Crippen LogP contribution in [0.5, 0.6) is 0 Å². The molecule has 0 aliphatic carbocycles. The molecule has 0 fully saturated rings. The minimum absolute atomic E-state index is 0.696. The summed E-state index contributed by atoms with van der Waals surface area (Å²) in [5, 5.41) is 9.24. The van der Waals surface area contributed by atoms with Crippen molar-refractivity contribution < 1.29 is 0 Å². The fourth-order valence-electron chi connectivity index (χ4n) is 2.42. The van der Waals surface area contributed by atoms with E-state index in [2.05, 4.69) is 60.4 Å². The Morgan fingerprint density at radius 1 is 0.913 bits per heavy atom. The predicted octanol–water partition coefficient (Wildman–Crippen LogP) is 3.49. The highest BCUT2D eigenvalue weighted by Gasteiger charge is 2.12. The molecule has 3 rings (SSSR count). The average Bonchev–Trinajstić information content (AvgIpc) is 2.89. The number of hydrogen-bond donors (Lipinski definition) is 1. The molecule has 0 amide bonds. The summed E-state index contributed by atoms with van der Waals surface area (Å²) in [4.78, 5) is 0. The van der Waals surface area contributed by atoms with Gasteiger partial charge in [-0.15, -0.1) is 10.2 Å². The van der Waals surface area contributed by atoms with E-state index in [1.165, 1.54) is 22.3 Å². The Kier molecular flexibility index (Phi) is 4.67. The van der Waals surface area contributed by atoms with Crippen LogP contribution in [0.2, 0.25) is 0 Å². The minimum atomic E-state index is 0.696. The van der Waals surface area contributed by atoms with Gasteiger partial charge in [-0.2, -0.15) is 0 Å². The molecule has 0 spiro atoms. The molecule has 0 bridgehead atoms. The van der Waals surface area contributed by atoms with Crippen molar-refractivity contribution in [3.8, 4) is 0 Å². The summed E-state index contributed by atoms with van der Waals surface area (Å²) in [6.45, 7) is 4.22. The molecule has 0 saturated carbocycles. The van der Waals surface area contributed by atoms with Gasteiger partial charge in [-0.25, -0.2) is 4.68 Å². The molecule has 0 atom stereocenters. The zero-order valence-electron chi connectivity index (χ0n) is 13.4. The molecule has 3 aromatic rings. The number of nitrogens with two attached hydrogens (primary N) is 1. The maximum absolute atomic E-state index is 6.17. The van der Waals surface area contributed by atoms with E-state index < -0.39 is 0 Å². The SMILES string of the molecule is Cc1ccccc1CSc1nnc(Cc2ccccc2C)n1N. The van der Waals surface area contributed by atoms with Crippen LogP contribution in [0.25, 0.3) is 0 Å². The summed E-state index contributed by atoms with van der Waals surface area (Å²) in [6, 6.07) is 16.6. The number of rotatable bonds is 5. The lowest BCUT2D eigenvalue weighted by molar-refractivity contribution is 0.804. The third-order valence-electron chi connectivity index (χ3n) is 3.96. The molecule has 2 aromatic carbocycles. The molecule has 0 aliphatic heterocycles. The molecule has 5 heteroatoms. The summed E-state index contributed by atoms with van der Waals surface area (Å²) in [7, 11) is 0. The highest BCUT2D eigenvalue weighted by atomic mass is 32.2. The van der Waals surface area contributed by atoms with Crippen LogP contribution >= 0.6 is 11.8 Å². The number of nitrogens with zero attached hydrogens (tertiary/aromatic N) is 3. The molecule has 1 heterocycles. The first-order valence-electron chi connectivity index (χ1n) is 7.56. The van der Waals surface area contributed by atoms with E-state index >= 15 is 0 Å². The zero-order chi connectivity index (χ0) is 16.2. The van der Waals surface area contributed by atoms with Crippen molar-refractivity contribution in [1.29, 1.82) is 0 Å². The molecule has 1 aromatic heterocycles. The lowest BCUT2D eigenvalue weighted by Gasteiger charge is -2.07. The van der Waals surface area contributed by atoms with Gasteiger partial charge in [-0.05, 0) is 36.1 Å². The number of benzene rings is 2. The highest BCUT2D eigenvalue weighted by molar-refractivity contribution is 7.98. The van der Waals surface area contributed by atoms with Gasteiger partial charge in [0.25, 0.3) is 0 Å². The highest BCUT2D eigenvalue weighted by Crippen LogP contribution is 2.23. The Balaban J connectivity index is 1.72. The van der Waals surface area contributed by atoms with Crippen molar-refractivity contribution in [2.24, 2.45) is 0 Å². The molecule has 23 heavy (non-hydrogen) atoms. The van der Waals surface area contributed by atoms with Crippen LogP contribution in [0.4, 0.5) is 0 Å². The number of aromatic nitrogens is 3. The number of hydrogen-bond acceptors (Lipinski definition) is 4. The number of aryl methyl sites for hydroxylation is 2. The van der Waals surface area contributed by atoms with Crippen LogP contribution in [-0.4, -0.2) is 14.9 Å². The van der Waals surface area contributed by atoms with E-state index in [1.807, 2.05) is 12.1 Å². The topological polar surface area (TPSA) is 56.7 Å². The second-order valence-corrected chi connectivity index (χ2v) is 6.53. The summed E-state index contributed by atoms with van der Waals surface area (Å²) in [5.74, 6) is 7.80. The Hall–Kier alpha value is -2.27. The summed E-state index contributed by atoms with van der Waals surface area (Å²) >= 11 is 1.61. The van der Waals surface area contributed by atoms with Gasteiger partial charge in [-0.3, -0.25) is 0 Å². The van der Waals surface area contributed by atoms with Crippen molar-refractivity contribution in [2.45, 2.75) is 31.2 Å². The van der Waals surface area contributed by atoms with Crippen LogP contribution in [-0.2, 0) is 12.2 Å². The maximum atomic E-state index is 6.17. The molecular formula is C18H20N4S. The van der Waals surface area contributed by atoms with E-state index in [9.17, 15) is 0 Å². The van der Waals surface area contributed by atoms with Gasteiger partial charge in [0.05, 0.1) is 0 Å². The number of nitrogen functional groups attached to an aromatic ring is 1. The lowest BCUT2D eigenvalue weighted by Crippen LogP contribution is -2.14. The molecule has 2 N–H and O–H groups in total. The van der Waals surface area contributed by atoms with Crippen LogP contribution in [0.15, 0.2) is 53.7 Å². The number of thioether (sulfide) groups is 1. The average molecular weight is 324 g/mol. The van der Waals surface area contributed by atoms with Crippen molar-refractivity contribution in [2.75, 3.05) is 5.84 Å². The lowest BCUT2D eigenvalue weighted by atomic mass is 10.1. The fraction of sp³-hybridized carbons (Fsp3) is 0.222. The summed E-state index contributed by atoms with van der Waals surface area (Å²) in [6.07, 6.45) is 0.696. The first kappa shape index (κ1) is 15.6. The smallest absolute Gasteiger partial charge is 0.210 e. The van der Waals surface area contributed by atoms with Gasteiger partial charge in [0.1, 0.15) is 0 Å². The second kappa shape index (κ2) is 6.87. The molecule has 0 unspecified atom stereocenters. The predicted molar refractivity (Wildman–Crippen MR) is 94.9 cm³/mol. The molecular weight excluding hydrogens is 304 g/mol. The van der Waals surface area contributed by atoms with Crippen molar-refractivity contribution in [3.63, 3.8) is 0 Å². The third-order valence-corrected chi connectivity index (χ3v) is 4.95. The van der Waals surface area contributed by atoms with Crippen LogP contribution in [0.1, 0.15) is 28.1 Å². The zero-order valence-corrected chi connectivity index (χ0v) is 14.2. The Morgan fingerprint density at radius 3 is 2.17 bits per heavy atom. The van der Waals surface area contributed by atoms with Crippen LogP contribution in [0, 0.1) is 13.8 Å². The van der Waals surface area contributed by atoms with Gasteiger partial charge in [0, 0.05) is 12.2 Å². The van der Waals surface area contributed by atoms with Gasteiger partial charge in [0.2, 0.25) is 5.16 Å². The second-order valence-electron chi connectivity index (χ2n) is 5.59. The van der Waals surface area contributed by atoms with E-state index in [-0.39, 0.29) is 0 Å². The fourth-order valence-corrected chi connectivity index (χ4v) is 3.37. The van der Waals surface area contributed by atoms with E-state index in [4.69, 9.17) is 5.84 Å². The molecule has 0 aliphatic rings. The van der Waals surface area contributed by atoms with Gasteiger partial charge < -0.3 is 5.84 Å². The molecule has 4 nitrogen and oxygen atoms in total. The summed E-state index contributed by atoms with van der Waals surface area (Å²) < 4.78 is 1.61. The van der Waals surface area contributed by atoms with E-state index in [1.54, 1.807) is 16.4 Å². The summed E-state index contributed by atoms with van der Waals surface area (Å²) in [5.41, 5.74) is 5.04. The van der Waals surface area contributed by atoms with E-state index in [0.717, 1.165) is 16.7 Å². The monoisotopic (exact) mass is 324 g/mol. The van der Waals surface area contributed by atoms with Crippen molar-refractivity contribution in [1.82, 2.24) is 14.9 Å². The normalized spacial score (nSPS) is 10.9. The Labute approximate surface area is 140 Å². The standard InChI is InChI=1S/C18H20N4S/c1-13-7-3-5-9-15(13)11-17-20-21-18(22(17)19)23-12-16-10-6-4-8-14(16)2/h3-10H,11-12,19H2,1-2H3. The van der Waals surface area contributed by atoms with Crippen LogP contribution in [0.3, 0.4) is 0 Å². The molecule has 0 saturated heterocycles. The van der Waals surface area contributed by atoms with Gasteiger partial charge in [-0.1, -0.05) is 60.3 Å². The van der Waals surface area contributed by atoms with E-state index in [0.29, 0.717) is 6.42 Å².